The molecule has 134 valence electrons. The topological polar surface area (TPSA) is 75.3 Å². The minimum Gasteiger partial charge on any atom is -0.352 e. The van der Waals surface area contributed by atoms with Gasteiger partial charge in [0.25, 0.3) is 15.9 Å². The number of sulfonamides is 1. The van der Waals surface area contributed by atoms with Crippen molar-refractivity contribution in [1.82, 2.24) is 5.32 Å². The number of rotatable bonds is 7. The molecule has 0 aliphatic heterocycles. The van der Waals surface area contributed by atoms with E-state index in [2.05, 4.69) is 23.9 Å². The zero-order valence-electron chi connectivity index (χ0n) is 14.7. The van der Waals surface area contributed by atoms with E-state index in [0.717, 1.165) is 12.0 Å². The molecule has 0 atom stereocenters. The molecule has 6 heteroatoms. The van der Waals surface area contributed by atoms with Gasteiger partial charge in [-0.25, -0.2) is 8.42 Å². The van der Waals surface area contributed by atoms with E-state index in [1.54, 1.807) is 42.5 Å². The zero-order valence-corrected chi connectivity index (χ0v) is 15.6. The number of aryl methyl sites for hydroxylation is 1. The van der Waals surface area contributed by atoms with E-state index in [1.807, 2.05) is 6.92 Å². The van der Waals surface area contributed by atoms with Crippen LogP contribution in [0.5, 0.6) is 0 Å². The van der Waals surface area contributed by atoms with Crippen LogP contribution in [-0.4, -0.2) is 20.9 Å². The lowest BCUT2D eigenvalue weighted by Crippen LogP contribution is -2.25. The van der Waals surface area contributed by atoms with Gasteiger partial charge in [-0.2, -0.15) is 0 Å². The first-order valence-corrected chi connectivity index (χ1v) is 9.74. The lowest BCUT2D eigenvalue weighted by molar-refractivity contribution is 0.0952. The summed E-state index contributed by atoms with van der Waals surface area (Å²) in [6.07, 6.45) is 0.894. The second-order valence-corrected chi connectivity index (χ2v) is 8.12. The van der Waals surface area contributed by atoms with Crippen LogP contribution in [0.15, 0.2) is 53.4 Å². The summed E-state index contributed by atoms with van der Waals surface area (Å²) in [7, 11) is -3.68. The fraction of sp³-hybridized carbons (Fsp3) is 0.316. The molecule has 0 saturated heterocycles. The molecule has 0 aliphatic carbocycles. The van der Waals surface area contributed by atoms with E-state index < -0.39 is 10.0 Å². The first-order chi connectivity index (χ1) is 11.8. The number of hydrogen-bond acceptors (Lipinski definition) is 3. The van der Waals surface area contributed by atoms with Gasteiger partial charge in [0.2, 0.25) is 0 Å². The third kappa shape index (κ3) is 5.60. The molecule has 0 radical (unpaired) electrons. The van der Waals surface area contributed by atoms with Crippen molar-refractivity contribution in [3.63, 3.8) is 0 Å². The number of hydrogen-bond donors (Lipinski definition) is 2. The largest absolute Gasteiger partial charge is 0.352 e. The van der Waals surface area contributed by atoms with Crippen LogP contribution in [0.4, 0.5) is 5.69 Å². The zero-order chi connectivity index (χ0) is 18.4. The molecule has 25 heavy (non-hydrogen) atoms. The van der Waals surface area contributed by atoms with Gasteiger partial charge in [0.1, 0.15) is 0 Å². The van der Waals surface area contributed by atoms with Crippen molar-refractivity contribution in [2.45, 2.75) is 32.1 Å². The van der Waals surface area contributed by atoms with E-state index in [9.17, 15) is 13.2 Å². The summed E-state index contributed by atoms with van der Waals surface area (Å²) in [6.45, 7) is 6.67. The minimum atomic E-state index is -3.68. The van der Waals surface area contributed by atoms with Gasteiger partial charge in [-0.1, -0.05) is 37.6 Å². The molecular formula is C19H24N2O3S. The van der Waals surface area contributed by atoms with Crippen molar-refractivity contribution in [2.75, 3.05) is 11.3 Å². The maximum Gasteiger partial charge on any atom is 0.261 e. The summed E-state index contributed by atoms with van der Waals surface area (Å²) in [6, 6.07) is 13.1. The summed E-state index contributed by atoms with van der Waals surface area (Å²) in [5.41, 5.74) is 1.77. The molecule has 0 bridgehead atoms. The summed E-state index contributed by atoms with van der Waals surface area (Å²) >= 11 is 0. The highest BCUT2D eigenvalue weighted by Gasteiger charge is 2.15. The Morgan fingerprint density at radius 2 is 1.76 bits per heavy atom. The van der Waals surface area contributed by atoms with E-state index in [-0.39, 0.29) is 10.8 Å². The van der Waals surface area contributed by atoms with Gasteiger partial charge in [-0.05, 0) is 49.6 Å². The molecule has 2 aromatic carbocycles. The van der Waals surface area contributed by atoms with Gasteiger partial charge in [0.05, 0.1) is 4.90 Å². The van der Waals surface area contributed by atoms with Gasteiger partial charge in [-0.15, -0.1) is 0 Å². The highest BCUT2D eigenvalue weighted by molar-refractivity contribution is 7.92. The normalized spacial score (nSPS) is 11.4. The average molecular weight is 360 g/mol. The molecular weight excluding hydrogens is 336 g/mol. The number of carbonyl (C=O) groups excluding carboxylic acids is 1. The number of benzene rings is 2. The molecule has 2 rings (SSSR count). The molecule has 0 saturated carbocycles. The van der Waals surface area contributed by atoms with Gasteiger partial charge >= 0.3 is 0 Å². The average Bonchev–Trinajstić information content (AvgIpc) is 2.54. The fourth-order valence-corrected chi connectivity index (χ4v) is 3.28. The van der Waals surface area contributed by atoms with Crippen LogP contribution in [-0.2, 0) is 10.0 Å². The molecule has 0 aliphatic rings. The maximum atomic E-state index is 12.4. The highest BCUT2D eigenvalue weighted by Crippen LogP contribution is 2.18. The molecule has 0 fully saturated rings. The van der Waals surface area contributed by atoms with Crippen LogP contribution < -0.4 is 10.0 Å². The number of nitrogens with one attached hydrogen (secondary N) is 2. The van der Waals surface area contributed by atoms with Gasteiger partial charge in [0, 0.05) is 17.8 Å². The lowest BCUT2D eigenvalue weighted by atomic mass is 10.1. The molecule has 0 aromatic heterocycles. The molecule has 0 spiro atoms. The van der Waals surface area contributed by atoms with Crippen molar-refractivity contribution in [3.05, 3.63) is 59.7 Å². The lowest BCUT2D eigenvalue weighted by Gasteiger charge is -2.11. The Labute approximate surface area is 149 Å². The van der Waals surface area contributed by atoms with Crippen LogP contribution >= 0.6 is 0 Å². The van der Waals surface area contributed by atoms with E-state index in [4.69, 9.17) is 0 Å². The maximum absolute atomic E-state index is 12.4. The monoisotopic (exact) mass is 360 g/mol. The van der Waals surface area contributed by atoms with Crippen LogP contribution in [0.25, 0.3) is 0 Å². The Hall–Kier alpha value is -2.34. The van der Waals surface area contributed by atoms with E-state index in [1.165, 1.54) is 6.07 Å². The Bertz CT molecular complexity index is 828. The van der Waals surface area contributed by atoms with Gasteiger partial charge in [-0.3, -0.25) is 9.52 Å². The summed E-state index contributed by atoms with van der Waals surface area (Å²) < 4.78 is 27.4. The quantitative estimate of drug-likeness (QED) is 0.792. The smallest absolute Gasteiger partial charge is 0.261 e. The molecule has 1 amide bonds. The molecule has 5 nitrogen and oxygen atoms in total. The third-order valence-electron chi connectivity index (χ3n) is 3.72. The van der Waals surface area contributed by atoms with Crippen LogP contribution in [0.3, 0.4) is 0 Å². The number of amides is 1. The highest BCUT2D eigenvalue weighted by atomic mass is 32.2. The van der Waals surface area contributed by atoms with Crippen LogP contribution in [0, 0.1) is 12.8 Å². The van der Waals surface area contributed by atoms with Crippen LogP contribution in [0.1, 0.15) is 36.2 Å². The standard InChI is InChI=1S/C19H24N2O3S/c1-14(2)11-12-20-19(22)16-5-4-6-17(13-16)21-25(23,24)18-9-7-15(3)8-10-18/h4-10,13-14,21H,11-12H2,1-3H3,(H,20,22). The second kappa shape index (κ2) is 8.16. The molecule has 2 aromatic rings. The number of anilines is 1. The van der Waals surface area contributed by atoms with Crippen LogP contribution in [0.2, 0.25) is 0 Å². The minimum absolute atomic E-state index is 0.185. The van der Waals surface area contributed by atoms with Crippen molar-refractivity contribution in [3.8, 4) is 0 Å². The second-order valence-electron chi connectivity index (χ2n) is 6.44. The Balaban J connectivity index is 2.10. The molecule has 0 heterocycles. The van der Waals surface area contributed by atoms with Crippen molar-refractivity contribution in [2.24, 2.45) is 5.92 Å². The summed E-state index contributed by atoms with van der Waals surface area (Å²) in [5, 5.41) is 2.84. The van der Waals surface area contributed by atoms with Crippen molar-refractivity contribution >= 4 is 21.6 Å². The Kier molecular flexibility index (Phi) is 6.20. The van der Waals surface area contributed by atoms with Crippen molar-refractivity contribution in [1.29, 1.82) is 0 Å². The SMILES string of the molecule is Cc1ccc(S(=O)(=O)Nc2cccc(C(=O)NCCC(C)C)c2)cc1. The molecule has 2 N–H and O–H groups in total. The predicted molar refractivity (Wildman–Crippen MR) is 100 cm³/mol. The van der Waals surface area contributed by atoms with Gasteiger partial charge in [0.15, 0.2) is 0 Å². The first kappa shape index (κ1) is 19.0. The summed E-state index contributed by atoms with van der Waals surface area (Å²) in [4.78, 5) is 12.3. The molecule has 0 unspecified atom stereocenters. The van der Waals surface area contributed by atoms with Crippen molar-refractivity contribution < 1.29 is 13.2 Å². The van der Waals surface area contributed by atoms with E-state index in [0.29, 0.717) is 23.7 Å². The third-order valence-corrected chi connectivity index (χ3v) is 5.11. The Morgan fingerprint density at radius 1 is 1.08 bits per heavy atom. The number of carbonyl (C=O) groups is 1. The first-order valence-electron chi connectivity index (χ1n) is 8.25. The predicted octanol–water partition coefficient (Wildman–Crippen LogP) is 3.57. The van der Waals surface area contributed by atoms with E-state index >= 15 is 0 Å². The van der Waals surface area contributed by atoms with Gasteiger partial charge < -0.3 is 5.32 Å². The Morgan fingerprint density at radius 3 is 2.40 bits per heavy atom. The fourth-order valence-electron chi connectivity index (χ4n) is 2.23. The summed E-state index contributed by atoms with van der Waals surface area (Å²) in [5.74, 6) is 0.296.